The molecule has 0 unspecified atom stereocenters. The number of hydrogen-bond acceptors (Lipinski definition) is 0. The Balaban J connectivity index is 2.49. The highest BCUT2D eigenvalue weighted by Crippen LogP contribution is 2.47. The summed E-state index contributed by atoms with van der Waals surface area (Å²) in [5.74, 6) is 6.20. The predicted molar refractivity (Wildman–Crippen MR) is 35.4 cm³/mol. The van der Waals surface area contributed by atoms with E-state index in [1.165, 1.54) is 19.3 Å². The Bertz CT molecular complexity index is 130. The average Bonchev–Trinajstić information content (AvgIpc) is 2.50. The van der Waals surface area contributed by atoms with E-state index in [9.17, 15) is 0 Å². The molecule has 0 atom stereocenters. The molecule has 0 spiro atoms. The summed E-state index contributed by atoms with van der Waals surface area (Å²) in [5.41, 5.74) is 0.481. The van der Waals surface area contributed by atoms with E-state index in [2.05, 4.69) is 18.8 Å². The van der Waals surface area contributed by atoms with Gasteiger partial charge in [0.15, 0.2) is 0 Å². The lowest BCUT2D eigenvalue weighted by atomic mass is 10.1. The molecule has 0 aromatic heterocycles. The summed E-state index contributed by atoms with van der Waals surface area (Å²) in [5, 5.41) is 0. The Labute approximate surface area is 51.3 Å². The molecule has 0 radical (unpaired) electrons. The van der Waals surface area contributed by atoms with Gasteiger partial charge in [-0.2, -0.15) is 0 Å². The van der Waals surface area contributed by atoms with Crippen LogP contribution in [0.25, 0.3) is 0 Å². The van der Waals surface area contributed by atoms with E-state index in [1.54, 1.807) is 0 Å². The minimum atomic E-state index is 0.481. The first-order valence-electron chi connectivity index (χ1n) is 3.27. The minimum Gasteiger partial charge on any atom is -0.106 e. The zero-order valence-electron chi connectivity index (χ0n) is 5.62. The van der Waals surface area contributed by atoms with Crippen molar-refractivity contribution in [3.8, 4) is 11.8 Å². The first kappa shape index (κ1) is 5.69. The Morgan fingerprint density at radius 3 is 2.25 bits per heavy atom. The number of rotatable bonds is 1. The smallest absolute Gasteiger partial charge is 0.0313 e. The molecule has 0 nitrogen and oxygen atoms in total. The third-order valence-electron chi connectivity index (χ3n) is 1.92. The van der Waals surface area contributed by atoms with Crippen molar-refractivity contribution in [1.82, 2.24) is 0 Å². The highest BCUT2D eigenvalue weighted by Gasteiger charge is 2.38. The fourth-order valence-corrected chi connectivity index (χ4v) is 0.983. The van der Waals surface area contributed by atoms with Crippen molar-refractivity contribution in [3.63, 3.8) is 0 Å². The second-order valence-corrected chi connectivity index (χ2v) is 2.51. The summed E-state index contributed by atoms with van der Waals surface area (Å²) in [7, 11) is 0. The van der Waals surface area contributed by atoms with Gasteiger partial charge in [0.2, 0.25) is 0 Å². The zero-order valence-corrected chi connectivity index (χ0v) is 5.62. The fourth-order valence-electron chi connectivity index (χ4n) is 0.983. The van der Waals surface area contributed by atoms with Crippen LogP contribution in [-0.2, 0) is 0 Å². The normalized spacial score (nSPS) is 21.2. The third kappa shape index (κ3) is 0.865. The van der Waals surface area contributed by atoms with E-state index >= 15 is 0 Å². The molecule has 0 heterocycles. The molecule has 0 heteroatoms. The van der Waals surface area contributed by atoms with Crippen LogP contribution < -0.4 is 0 Å². The van der Waals surface area contributed by atoms with E-state index in [0.717, 1.165) is 0 Å². The first-order chi connectivity index (χ1) is 3.83. The maximum absolute atomic E-state index is 3.23. The molecule has 0 aromatic carbocycles. The maximum atomic E-state index is 3.23. The largest absolute Gasteiger partial charge is 0.106 e. The predicted octanol–water partition coefficient (Wildman–Crippen LogP) is 2.20. The van der Waals surface area contributed by atoms with Gasteiger partial charge in [-0.3, -0.25) is 0 Å². The van der Waals surface area contributed by atoms with Gasteiger partial charge in [-0.1, -0.05) is 12.8 Å². The van der Waals surface area contributed by atoms with Crippen LogP contribution in [0.1, 0.15) is 33.1 Å². The summed E-state index contributed by atoms with van der Waals surface area (Å²) in [6, 6.07) is 0. The molecule has 0 bridgehead atoms. The van der Waals surface area contributed by atoms with Crippen LogP contribution in [0.4, 0.5) is 0 Å². The van der Waals surface area contributed by atoms with Crippen LogP contribution in [0.15, 0.2) is 0 Å². The van der Waals surface area contributed by atoms with Crippen LogP contribution in [0.2, 0.25) is 0 Å². The van der Waals surface area contributed by atoms with Crippen LogP contribution in [0, 0.1) is 17.3 Å². The molecule has 0 aliphatic heterocycles. The van der Waals surface area contributed by atoms with Gasteiger partial charge in [0.25, 0.3) is 0 Å². The Morgan fingerprint density at radius 1 is 1.50 bits per heavy atom. The monoisotopic (exact) mass is 108 g/mol. The molecule has 1 aliphatic carbocycles. The molecule has 44 valence electrons. The molecule has 1 aliphatic rings. The lowest BCUT2D eigenvalue weighted by Gasteiger charge is -1.97. The summed E-state index contributed by atoms with van der Waals surface area (Å²) >= 11 is 0. The zero-order chi connectivity index (χ0) is 6.04. The second kappa shape index (κ2) is 1.82. The van der Waals surface area contributed by atoms with Crippen molar-refractivity contribution in [3.05, 3.63) is 0 Å². The van der Waals surface area contributed by atoms with Gasteiger partial charge in [0, 0.05) is 5.41 Å². The molecule has 8 heavy (non-hydrogen) atoms. The van der Waals surface area contributed by atoms with Crippen LogP contribution in [0.3, 0.4) is 0 Å². The third-order valence-corrected chi connectivity index (χ3v) is 1.92. The van der Waals surface area contributed by atoms with E-state index in [4.69, 9.17) is 0 Å². The fraction of sp³-hybridized carbons (Fsp3) is 0.750. The highest BCUT2D eigenvalue weighted by atomic mass is 14.4. The van der Waals surface area contributed by atoms with Gasteiger partial charge >= 0.3 is 0 Å². The molecular formula is C8H12. The molecular weight excluding hydrogens is 96.1 g/mol. The number of hydrogen-bond donors (Lipinski definition) is 0. The Hall–Kier alpha value is -0.440. The Kier molecular flexibility index (Phi) is 1.29. The van der Waals surface area contributed by atoms with Crippen LogP contribution >= 0.6 is 0 Å². The van der Waals surface area contributed by atoms with E-state index < -0.39 is 0 Å². The lowest BCUT2D eigenvalue weighted by Crippen LogP contribution is -1.90. The van der Waals surface area contributed by atoms with Gasteiger partial charge in [-0.25, -0.2) is 0 Å². The summed E-state index contributed by atoms with van der Waals surface area (Å²) in [4.78, 5) is 0. The van der Waals surface area contributed by atoms with Crippen molar-refractivity contribution < 1.29 is 0 Å². The van der Waals surface area contributed by atoms with Gasteiger partial charge < -0.3 is 0 Å². The second-order valence-electron chi connectivity index (χ2n) is 2.51. The molecule has 1 fully saturated rings. The van der Waals surface area contributed by atoms with Crippen molar-refractivity contribution in [2.75, 3.05) is 0 Å². The summed E-state index contributed by atoms with van der Waals surface area (Å²) in [6.45, 7) is 4.15. The van der Waals surface area contributed by atoms with Gasteiger partial charge in [-0.05, 0) is 26.2 Å². The topological polar surface area (TPSA) is 0 Å². The maximum Gasteiger partial charge on any atom is 0.0313 e. The van der Waals surface area contributed by atoms with Crippen molar-refractivity contribution in [2.45, 2.75) is 33.1 Å². The van der Waals surface area contributed by atoms with Gasteiger partial charge in [-0.15, -0.1) is 5.92 Å². The molecule has 0 N–H and O–H groups in total. The van der Waals surface area contributed by atoms with Crippen LogP contribution in [0.5, 0.6) is 0 Å². The average molecular weight is 108 g/mol. The molecule has 0 saturated heterocycles. The molecule has 1 saturated carbocycles. The quantitative estimate of drug-likeness (QED) is 0.452. The van der Waals surface area contributed by atoms with E-state index in [-0.39, 0.29) is 0 Å². The minimum absolute atomic E-state index is 0.481. The molecule has 0 aromatic rings. The van der Waals surface area contributed by atoms with E-state index in [0.29, 0.717) is 5.41 Å². The van der Waals surface area contributed by atoms with E-state index in [1.807, 2.05) is 6.92 Å². The van der Waals surface area contributed by atoms with Crippen molar-refractivity contribution in [2.24, 2.45) is 5.41 Å². The van der Waals surface area contributed by atoms with Gasteiger partial charge in [0.05, 0.1) is 0 Å². The summed E-state index contributed by atoms with van der Waals surface area (Å²) in [6.07, 6.45) is 3.92. The standard InChI is InChI=1S/C8H12/c1-3-5-8(4-2)6-7-8/h4,6-7H2,1-2H3. The Morgan fingerprint density at radius 2 is 2.12 bits per heavy atom. The highest BCUT2D eigenvalue weighted by molar-refractivity contribution is 5.17. The first-order valence-corrected chi connectivity index (χ1v) is 3.27. The van der Waals surface area contributed by atoms with Gasteiger partial charge in [0.1, 0.15) is 0 Å². The lowest BCUT2D eigenvalue weighted by molar-refractivity contribution is 0.651. The SMILES string of the molecule is CC#CC1(CC)CC1. The summed E-state index contributed by atoms with van der Waals surface area (Å²) < 4.78 is 0. The van der Waals surface area contributed by atoms with Crippen molar-refractivity contribution >= 4 is 0 Å². The van der Waals surface area contributed by atoms with Crippen molar-refractivity contribution in [1.29, 1.82) is 0 Å². The molecule has 1 rings (SSSR count). The molecule has 0 amide bonds. The van der Waals surface area contributed by atoms with Crippen LogP contribution in [-0.4, -0.2) is 0 Å².